The van der Waals surface area contributed by atoms with Crippen molar-refractivity contribution in [3.05, 3.63) is 64.5 Å². The van der Waals surface area contributed by atoms with Gasteiger partial charge in [0.25, 0.3) is 0 Å². The van der Waals surface area contributed by atoms with E-state index < -0.39 is 11.9 Å². The highest BCUT2D eigenvalue weighted by molar-refractivity contribution is 7.17. The number of primary amides is 1. The Morgan fingerprint density at radius 2 is 1.86 bits per heavy atom. The number of carbonyl (C=O) groups excluding carboxylic acids is 1. The number of hydrogen-bond acceptors (Lipinski definition) is 3. The molecule has 1 heterocycles. The Hall–Kier alpha value is -2.04. The van der Waals surface area contributed by atoms with Gasteiger partial charge < -0.3 is 11.1 Å². The van der Waals surface area contributed by atoms with Gasteiger partial charge in [-0.25, -0.2) is 0 Å². The summed E-state index contributed by atoms with van der Waals surface area (Å²) < 4.78 is 1.12. The first-order valence-electron chi connectivity index (χ1n) is 6.43. The highest BCUT2D eigenvalue weighted by atomic mass is 35.5. The van der Waals surface area contributed by atoms with E-state index in [1.807, 2.05) is 47.8 Å². The number of anilines is 1. The van der Waals surface area contributed by atoms with Crippen LogP contribution in [0, 0.1) is 0 Å². The molecule has 0 aliphatic heterocycles. The maximum atomic E-state index is 11.9. The number of amides is 1. The molecule has 0 aliphatic carbocycles. The van der Waals surface area contributed by atoms with Gasteiger partial charge in [0.15, 0.2) is 0 Å². The lowest BCUT2D eigenvalue weighted by molar-refractivity contribution is -0.118. The van der Waals surface area contributed by atoms with Crippen LogP contribution in [0.25, 0.3) is 10.1 Å². The maximum Gasteiger partial charge on any atom is 0.244 e. The van der Waals surface area contributed by atoms with E-state index >= 15 is 0 Å². The third-order valence-electron chi connectivity index (χ3n) is 3.28. The van der Waals surface area contributed by atoms with Crippen molar-refractivity contribution in [1.82, 2.24) is 0 Å². The fourth-order valence-electron chi connectivity index (χ4n) is 2.26. The minimum absolute atomic E-state index is 0.432. The SMILES string of the molecule is NC(=O)C(Nc1ccccc1Cl)c1csc2ccccc12. The number of rotatable bonds is 4. The van der Waals surface area contributed by atoms with E-state index in [2.05, 4.69) is 5.32 Å². The summed E-state index contributed by atoms with van der Waals surface area (Å²) >= 11 is 7.73. The number of nitrogens with one attached hydrogen (secondary N) is 1. The first kappa shape index (κ1) is 13.9. The highest BCUT2D eigenvalue weighted by Crippen LogP contribution is 2.33. The molecule has 21 heavy (non-hydrogen) atoms. The zero-order valence-corrected chi connectivity index (χ0v) is 12.6. The Labute approximate surface area is 131 Å². The van der Waals surface area contributed by atoms with Crippen LogP contribution in [0.1, 0.15) is 11.6 Å². The van der Waals surface area contributed by atoms with Crippen LogP contribution in [0.5, 0.6) is 0 Å². The monoisotopic (exact) mass is 316 g/mol. The fraction of sp³-hybridized carbons (Fsp3) is 0.0625. The van der Waals surface area contributed by atoms with Crippen LogP contribution in [0.4, 0.5) is 5.69 Å². The molecule has 0 aliphatic rings. The van der Waals surface area contributed by atoms with E-state index in [-0.39, 0.29) is 0 Å². The van der Waals surface area contributed by atoms with Crippen LogP contribution in [-0.2, 0) is 4.79 Å². The third-order valence-corrected chi connectivity index (χ3v) is 4.59. The van der Waals surface area contributed by atoms with Crippen LogP contribution in [-0.4, -0.2) is 5.91 Å². The molecule has 3 rings (SSSR count). The molecule has 0 saturated heterocycles. The highest BCUT2D eigenvalue weighted by Gasteiger charge is 2.21. The molecule has 0 saturated carbocycles. The molecule has 106 valence electrons. The van der Waals surface area contributed by atoms with Gasteiger partial charge in [0.05, 0.1) is 10.7 Å². The number of halogens is 1. The van der Waals surface area contributed by atoms with E-state index in [1.165, 1.54) is 0 Å². The molecule has 5 heteroatoms. The average Bonchev–Trinajstić information content (AvgIpc) is 2.90. The second-order valence-electron chi connectivity index (χ2n) is 4.65. The molecule has 1 aromatic heterocycles. The molecule has 3 aromatic rings. The van der Waals surface area contributed by atoms with Crippen LogP contribution in [0.3, 0.4) is 0 Å². The number of para-hydroxylation sites is 1. The van der Waals surface area contributed by atoms with Crippen molar-refractivity contribution in [2.45, 2.75) is 6.04 Å². The molecular weight excluding hydrogens is 304 g/mol. The molecule has 0 spiro atoms. The minimum Gasteiger partial charge on any atom is -0.369 e. The van der Waals surface area contributed by atoms with Crippen molar-refractivity contribution in [2.75, 3.05) is 5.32 Å². The van der Waals surface area contributed by atoms with Crippen molar-refractivity contribution in [3.8, 4) is 0 Å². The summed E-state index contributed by atoms with van der Waals surface area (Å²) in [4.78, 5) is 11.9. The smallest absolute Gasteiger partial charge is 0.244 e. The lowest BCUT2D eigenvalue weighted by Gasteiger charge is -2.17. The molecule has 1 amide bonds. The molecular formula is C16H13ClN2OS. The molecule has 0 fully saturated rings. The van der Waals surface area contributed by atoms with Crippen LogP contribution < -0.4 is 11.1 Å². The number of thiophene rings is 1. The second kappa shape index (κ2) is 5.76. The maximum absolute atomic E-state index is 11.9. The van der Waals surface area contributed by atoms with Gasteiger partial charge in [0, 0.05) is 10.3 Å². The number of hydrogen-bond donors (Lipinski definition) is 2. The quantitative estimate of drug-likeness (QED) is 0.758. The molecule has 1 unspecified atom stereocenters. The summed E-state index contributed by atoms with van der Waals surface area (Å²) in [7, 11) is 0. The summed E-state index contributed by atoms with van der Waals surface area (Å²) in [5, 5.41) is 6.70. The molecule has 3 N–H and O–H groups in total. The summed E-state index contributed by atoms with van der Waals surface area (Å²) in [6, 6.07) is 14.6. The minimum atomic E-state index is -0.610. The van der Waals surface area contributed by atoms with Crippen molar-refractivity contribution in [3.63, 3.8) is 0 Å². The van der Waals surface area contributed by atoms with Gasteiger partial charge >= 0.3 is 0 Å². The Morgan fingerprint density at radius 3 is 2.62 bits per heavy atom. The van der Waals surface area contributed by atoms with Crippen molar-refractivity contribution in [2.24, 2.45) is 5.73 Å². The predicted octanol–water partition coefficient (Wildman–Crippen LogP) is 4.19. The predicted molar refractivity (Wildman–Crippen MR) is 88.8 cm³/mol. The Morgan fingerprint density at radius 1 is 1.14 bits per heavy atom. The van der Waals surface area contributed by atoms with Gasteiger partial charge in [-0.05, 0) is 29.0 Å². The van der Waals surface area contributed by atoms with Gasteiger partial charge in [0.1, 0.15) is 6.04 Å². The Kier molecular flexibility index (Phi) is 3.82. The first-order chi connectivity index (χ1) is 10.2. The third kappa shape index (κ3) is 2.73. The topological polar surface area (TPSA) is 55.1 Å². The lowest BCUT2D eigenvalue weighted by Crippen LogP contribution is -2.27. The lowest BCUT2D eigenvalue weighted by atomic mass is 10.0. The Balaban J connectivity index is 2.03. The second-order valence-corrected chi connectivity index (χ2v) is 5.97. The van der Waals surface area contributed by atoms with E-state index in [0.717, 1.165) is 15.6 Å². The van der Waals surface area contributed by atoms with E-state index in [9.17, 15) is 4.79 Å². The number of carbonyl (C=O) groups is 1. The van der Waals surface area contributed by atoms with Crippen molar-refractivity contribution >= 4 is 44.6 Å². The molecule has 0 bridgehead atoms. The summed E-state index contributed by atoms with van der Waals surface area (Å²) in [6.45, 7) is 0. The fourth-order valence-corrected chi connectivity index (χ4v) is 3.44. The normalized spacial score (nSPS) is 12.2. The Bertz CT molecular complexity index is 800. The van der Waals surface area contributed by atoms with E-state index in [1.54, 1.807) is 17.4 Å². The van der Waals surface area contributed by atoms with Gasteiger partial charge in [-0.3, -0.25) is 4.79 Å². The summed E-state index contributed by atoms with van der Waals surface area (Å²) in [5.74, 6) is -0.432. The van der Waals surface area contributed by atoms with Gasteiger partial charge in [-0.1, -0.05) is 41.9 Å². The van der Waals surface area contributed by atoms with Gasteiger partial charge in [0.2, 0.25) is 5.91 Å². The average molecular weight is 317 g/mol. The van der Waals surface area contributed by atoms with Crippen molar-refractivity contribution < 1.29 is 4.79 Å². The van der Waals surface area contributed by atoms with Crippen molar-refractivity contribution in [1.29, 1.82) is 0 Å². The largest absolute Gasteiger partial charge is 0.369 e. The summed E-state index contributed by atoms with van der Waals surface area (Å²) in [6.07, 6.45) is 0. The molecule has 3 nitrogen and oxygen atoms in total. The zero-order chi connectivity index (χ0) is 14.8. The standard InChI is InChI=1S/C16H13ClN2OS/c17-12-6-2-3-7-13(12)19-15(16(18)20)11-9-21-14-8-4-1-5-10(11)14/h1-9,15,19H,(H2,18,20). The molecule has 2 aromatic carbocycles. The van der Waals surface area contributed by atoms with Crippen LogP contribution >= 0.6 is 22.9 Å². The van der Waals surface area contributed by atoms with E-state index in [0.29, 0.717) is 10.7 Å². The summed E-state index contributed by atoms with van der Waals surface area (Å²) in [5.41, 5.74) is 7.15. The van der Waals surface area contributed by atoms with Crippen LogP contribution in [0.2, 0.25) is 5.02 Å². The number of nitrogens with two attached hydrogens (primary N) is 1. The van der Waals surface area contributed by atoms with Gasteiger partial charge in [-0.2, -0.15) is 0 Å². The number of benzene rings is 2. The van der Waals surface area contributed by atoms with Gasteiger partial charge in [-0.15, -0.1) is 11.3 Å². The molecule has 1 atom stereocenters. The van der Waals surface area contributed by atoms with Crippen LogP contribution in [0.15, 0.2) is 53.9 Å². The molecule has 0 radical (unpaired) electrons. The van der Waals surface area contributed by atoms with E-state index in [4.69, 9.17) is 17.3 Å². The number of fused-ring (bicyclic) bond motifs is 1. The first-order valence-corrected chi connectivity index (χ1v) is 7.69. The zero-order valence-electron chi connectivity index (χ0n) is 11.0.